The molecule has 0 unspecified atom stereocenters. The highest BCUT2D eigenvalue weighted by Crippen LogP contribution is 2.43. The molecule has 1 saturated heterocycles. The van der Waals surface area contributed by atoms with Gasteiger partial charge in [-0.05, 0) is 63.1 Å². The maximum absolute atomic E-state index is 15.0. The fraction of sp³-hybridized carbons (Fsp3) is 0.538. The van der Waals surface area contributed by atoms with E-state index in [4.69, 9.17) is 4.74 Å². The Bertz CT molecular complexity index is 1280. The van der Waals surface area contributed by atoms with E-state index in [0.717, 1.165) is 29.8 Å². The molecule has 2 fully saturated rings. The number of aryl methyl sites for hydroxylation is 1. The van der Waals surface area contributed by atoms with Crippen molar-refractivity contribution >= 4 is 12.0 Å². The van der Waals surface area contributed by atoms with Crippen molar-refractivity contribution in [1.82, 2.24) is 20.0 Å². The molecule has 1 aliphatic carbocycles. The van der Waals surface area contributed by atoms with Crippen molar-refractivity contribution in [3.8, 4) is 17.2 Å². The normalized spacial score (nSPS) is 21.8. The molecule has 0 spiro atoms. The van der Waals surface area contributed by atoms with Gasteiger partial charge in [0.25, 0.3) is 0 Å². The summed E-state index contributed by atoms with van der Waals surface area (Å²) in [6.07, 6.45) is -2.16. The topological polar surface area (TPSA) is 100 Å². The van der Waals surface area contributed by atoms with Gasteiger partial charge in [0, 0.05) is 31.3 Å². The number of amides is 2. The number of rotatable bonds is 5. The molecule has 4 atom stereocenters. The van der Waals surface area contributed by atoms with Crippen LogP contribution < -0.4 is 5.32 Å². The van der Waals surface area contributed by atoms with E-state index in [2.05, 4.69) is 10.4 Å². The molecule has 4 rings (SSSR count). The number of aromatic nitrogens is 2. The zero-order chi connectivity index (χ0) is 28.0. The summed E-state index contributed by atoms with van der Waals surface area (Å²) >= 11 is 0. The average Bonchev–Trinajstić information content (AvgIpc) is 3.52. The maximum atomic E-state index is 15.0. The smallest absolute Gasteiger partial charge is 0.435 e. The number of nitriles is 1. The molecule has 12 heteroatoms. The fourth-order valence-corrected chi connectivity index (χ4v) is 5.30. The van der Waals surface area contributed by atoms with E-state index in [1.54, 1.807) is 20.8 Å². The van der Waals surface area contributed by atoms with E-state index < -0.39 is 47.4 Å². The highest BCUT2D eigenvalue weighted by molar-refractivity contribution is 5.87. The van der Waals surface area contributed by atoms with Crippen LogP contribution in [0.2, 0.25) is 0 Å². The Morgan fingerprint density at radius 2 is 1.97 bits per heavy atom. The van der Waals surface area contributed by atoms with Gasteiger partial charge >= 0.3 is 12.3 Å². The third-order valence-corrected chi connectivity index (χ3v) is 6.82. The molecule has 2 bridgehead atoms. The lowest BCUT2D eigenvalue weighted by Gasteiger charge is -2.35. The molecule has 1 aromatic carbocycles. The summed E-state index contributed by atoms with van der Waals surface area (Å²) in [5.74, 6) is -1.40. The minimum absolute atomic E-state index is 0.0146. The van der Waals surface area contributed by atoms with Gasteiger partial charge in [0.05, 0.1) is 6.07 Å². The number of hydrogen-bond acceptors (Lipinski definition) is 5. The van der Waals surface area contributed by atoms with Crippen LogP contribution in [0.4, 0.5) is 22.4 Å². The monoisotopic (exact) mass is 535 g/mol. The van der Waals surface area contributed by atoms with Crippen molar-refractivity contribution in [3.63, 3.8) is 0 Å². The summed E-state index contributed by atoms with van der Waals surface area (Å²) in [5, 5.41) is 15.7. The van der Waals surface area contributed by atoms with Crippen LogP contribution in [0.15, 0.2) is 24.4 Å². The Balaban J connectivity index is 1.49. The van der Waals surface area contributed by atoms with Crippen molar-refractivity contribution in [2.24, 2.45) is 13.0 Å². The van der Waals surface area contributed by atoms with Gasteiger partial charge < -0.3 is 10.1 Å². The van der Waals surface area contributed by atoms with E-state index in [-0.39, 0.29) is 35.1 Å². The summed E-state index contributed by atoms with van der Waals surface area (Å²) in [7, 11) is 1.34. The number of halogens is 4. The number of carbonyl (C=O) groups excluding carboxylic acids is 2. The second-order valence-electron chi connectivity index (χ2n) is 10.8. The van der Waals surface area contributed by atoms with Gasteiger partial charge in [-0.2, -0.15) is 23.5 Å². The Kier molecular flexibility index (Phi) is 7.16. The van der Waals surface area contributed by atoms with Crippen LogP contribution in [0.1, 0.15) is 51.3 Å². The molecule has 1 aliphatic heterocycles. The number of ether oxygens (including phenoxy) is 1. The maximum Gasteiger partial charge on any atom is 0.435 e. The van der Waals surface area contributed by atoms with Gasteiger partial charge in [-0.1, -0.05) is 12.1 Å². The van der Waals surface area contributed by atoms with Gasteiger partial charge in [0.1, 0.15) is 23.5 Å². The summed E-state index contributed by atoms with van der Waals surface area (Å²) in [4.78, 5) is 27.5. The number of benzene rings is 1. The van der Waals surface area contributed by atoms with Crippen molar-refractivity contribution in [2.45, 2.75) is 76.4 Å². The molecular weight excluding hydrogens is 506 g/mol. The van der Waals surface area contributed by atoms with E-state index in [9.17, 15) is 32.4 Å². The first-order valence-corrected chi connectivity index (χ1v) is 12.3. The Morgan fingerprint density at radius 1 is 1.26 bits per heavy atom. The van der Waals surface area contributed by atoms with Crippen molar-refractivity contribution in [2.75, 3.05) is 0 Å². The lowest BCUT2D eigenvalue weighted by Crippen LogP contribution is -2.55. The van der Waals surface area contributed by atoms with Crippen LogP contribution in [0.25, 0.3) is 11.1 Å². The van der Waals surface area contributed by atoms with Crippen LogP contribution in [0.5, 0.6) is 0 Å². The molecule has 2 heterocycles. The van der Waals surface area contributed by atoms with Crippen LogP contribution in [0.3, 0.4) is 0 Å². The van der Waals surface area contributed by atoms with Gasteiger partial charge in [0.15, 0.2) is 5.69 Å². The molecule has 1 N–H and O–H groups in total. The molecule has 0 radical (unpaired) electrons. The minimum atomic E-state index is -4.71. The van der Waals surface area contributed by atoms with Crippen molar-refractivity contribution in [3.05, 3.63) is 41.5 Å². The number of fused-ring (bicyclic) bond motifs is 2. The standard InChI is InChI=1S/C26H29F4N5O3/c1-25(2,3)38-24(37)35-18-8-7-16(10-18)21(35)23(36)32-17(12-31)9-15-6-5-14(11-20(15)27)19-13-34(4)33-22(19)26(28,29)30/h5-6,11,13,16-18,21H,7-10H2,1-4H3,(H,32,36)/t16-,17-,18+,21-/m0/s1. The third-order valence-electron chi connectivity index (χ3n) is 6.82. The number of alkyl halides is 3. The average molecular weight is 536 g/mol. The van der Waals surface area contributed by atoms with E-state index in [1.165, 1.54) is 24.1 Å². The molecule has 1 aromatic heterocycles. The molecule has 204 valence electrons. The van der Waals surface area contributed by atoms with Gasteiger partial charge in [-0.3, -0.25) is 14.4 Å². The minimum Gasteiger partial charge on any atom is -0.444 e. The number of hydrogen-bond donors (Lipinski definition) is 1. The number of likely N-dealkylation sites (tertiary alicyclic amines) is 1. The van der Waals surface area contributed by atoms with E-state index >= 15 is 0 Å². The molecule has 2 aliphatic rings. The summed E-state index contributed by atoms with van der Waals surface area (Å²) < 4.78 is 61.4. The summed E-state index contributed by atoms with van der Waals surface area (Å²) in [6.45, 7) is 5.20. The highest BCUT2D eigenvalue weighted by atomic mass is 19.4. The quantitative estimate of drug-likeness (QED) is 0.565. The van der Waals surface area contributed by atoms with Crippen LogP contribution in [-0.2, 0) is 29.2 Å². The van der Waals surface area contributed by atoms with Crippen molar-refractivity contribution in [1.29, 1.82) is 5.26 Å². The second kappa shape index (κ2) is 9.93. The molecule has 2 amide bonds. The predicted molar refractivity (Wildman–Crippen MR) is 128 cm³/mol. The fourth-order valence-electron chi connectivity index (χ4n) is 5.30. The van der Waals surface area contributed by atoms with Crippen molar-refractivity contribution < 1.29 is 31.9 Å². The molecule has 1 saturated carbocycles. The lowest BCUT2D eigenvalue weighted by molar-refractivity contribution is -0.141. The third kappa shape index (κ3) is 5.61. The summed E-state index contributed by atoms with van der Waals surface area (Å²) in [5.41, 5.74) is -2.10. The molecule has 38 heavy (non-hydrogen) atoms. The molecule has 8 nitrogen and oxygen atoms in total. The lowest BCUT2D eigenvalue weighted by atomic mass is 9.97. The number of nitrogens with one attached hydrogen (secondary N) is 1. The zero-order valence-electron chi connectivity index (χ0n) is 21.5. The summed E-state index contributed by atoms with van der Waals surface area (Å²) in [6, 6.07) is 3.48. The van der Waals surface area contributed by atoms with Gasteiger partial charge in [-0.15, -0.1) is 0 Å². The predicted octanol–water partition coefficient (Wildman–Crippen LogP) is 4.58. The first kappa shape index (κ1) is 27.4. The molecular formula is C26H29F4N5O3. The molecule has 2 aromatic rings. The zero-order valence-corrected chi connectivity index (χ0v) is 21.5. The second-order valence-corrected chi connectivity index (χ2v) is 10.8. The first-order chi connectivity index (χ1) is 17.7. The van der Waals surface area contributed by atoms with E-state index in [0.29, 0.717) is 6.42 Å². The number of piperidine rings is 1. The first-order valence-electron chi connectivity index (χ1n) is 12.3. The van der Waals surface area contributed by atoms with Crippen LogP contribution >= 0.6 is 0 Å². The Hall–Kier alpha value is -3.62. The number of nitrogens with zero attached hydrogens (tertiary/aromatic N) is 4. The van der Waals surface area contributed by atoms with Crippen LogP contribution in [0, 0.1) is 23.1 Å². The van der Waals surface area contributed by atoms with Gasteiger partial charge in [0.2, 0.25) is 5.91 Å². The van der Waals surface area contributed by atoms with E-state index in [1.807, 2.05) is 6.07 Å². The largest absolute Gasteiger partial charge is 0.444 e. The Morgan fingerprint density at radius 3 is 2.58 bits per heavy atom. The highest BCUT2D eigenvalue weighted by Gasteiger charge is 2.52. The van der Waals surface area contributed by atoms with Crippen LogP contribution in [-0.4, -0.2) is 50.4 Å². The Labute approximate surface area is 217 Å². The SMILES string of the molecule is Cn1cc(-c2ccc(C[C@@H](C#N)NC(=O)[C@@H]3[C@H]4CC[C@H](C4)N3C(=O)OC(C)(C)C)c(F)c2)c(C(F)(F)F)n1. The number of carbonyl (C=O) groups is 2. The van der Waals surface area contributed by atoms with Gasteiger partial charge in [-0.25, -0.2) is 9.18 Å².